The van der Waals surface area contributed by atoms with Gasteiger partial charge >= 0.3 is 0 Å². The first-order valence-corrected chi connectivity index (χ1v) is 9.53. The predicted octanol–water partition coefficient (Wildman–Crippen LogP) is 1.45. The first-order chi connectivity index (χ1) is 13.1. The summed E-state index contributed by atoms with van der Waals surface area (Å²) in [6, 6.07) is 7.37. The molecule has 0 saturated carbocycles. The Morgan fingerprint density at radius 1 is 0.741 bits per heavy atom. The molecule has 6 nitrogen and oxygen atoms in total. The molecule has 0 bridgehead atoms. The van der Waals surface area contributed by atoms with E-state index in [0.717, 1.165) is 32.1 Å². The predicted molar refractivity (Wildman–Crippen MR) is 103 cm³/mol. The number of hydrogen-bond donors (Lipinski definition) is 2. The van der Waals surface area contributed by atoms with Gasteiger partial charge in [0.1, 0.15) is 25.2 Å². The number of nitrogens with zero attached hydrogens (tertiary/aromatic N) is 2. The largest absolute Gasteiger partial charge is 0.352 e. The Kier molecular flexibility index (Phi) is 8.42. The lowest BCUT2D eigenvalue weighted by molar-refractivity contribution is -0.671. The number of rotatable bonds is 10. The van der Waals surface area contributed by atoms with Gasteiger partial charge in [-0.2, -0.15) is 0 Å². The van der Waals surface area contributed by atoms with Crippen molar-refractivity contribution >= 4 is 11.8 Å². The lowest BCUT2D eigenvalue weighted by atomic mass is 10.1. The first kappa shape index (κ1) is 20.6. The van der Waals surface area contributed by atoms with Crippen molar-refractivity contribution in [2.24, 2.45) is 14.1 Å². The molecule has 2 amide bonds. The number of unbranched alkanes of at least 4 members (excludes halogenated alkanes) is 4. The van der Waals surface area contributed by atoms with Crippen molar-refractivity contribution in [1.82, 2.24) is 10.6 Å². The van der Waals surface area contributed by atoms with Crippen LogP contribution in [-0.2, 0) is 14.1 Å². The Bertz CT molecular complexity index is 698. The van der Waals surface area contributed by atoms with E-state index < -0.39 is 0 Å². The lowest BCUT2D eigenvalue weighted by Crippen LogP contribution is -2.31. The molecular weight excluding hydrogens is 340 g/mol. The summed E-state index contributed by atoms with van der Waals surface area (Å²) in [4.78, 5) is 24.0. The SMILES string of the molecule is C[n+]1cccc(C(=O)NCCCCCCCNC(=O)c2ccc[n+](C)c2)c1. The molecule has 0 aliphatic heterocycles. The normalized spacial score (nSPS) is 10.4. The zero-order chi connectivity index (χ0) is 19.5. The monoisotopic (exact) mass is 370 g/mol. The van der Waals surface area contributed by atoms with Gasteiger partial charge in [-0.3, -0.25) is 9.59 Å². The van der Waals surface area contributed by atoms with Crippen molar-refractivity contribution in [2.75, 3.05) is 13.1 Å². The van der Waals surface area contributed by atoms with Gasteiger partial charge in [-0.05, 0) is 25.0 Å². The number of nitrogens with one attached hydrogen (secondary N) is 2. The van der Waals surface area contributed by atoms with Crippen molar-refractivity contribution in [2.45, 2.75) is 32.1 Å². The average Bonchev–Trinajstić information content (AvgIpc) is 2.66. The van der Waals surface area contributed by atoms with Crippen LogP contribution in [0, 0.1) is 0 Å². The van der Waals surface area contributed by atoms with Crippen LogP contribution >= 0.6 is 0 Å². The van der Waals surface area contributed by atoms with Crippen molar-refractivity contribution in [3.8, 4) is 0 Å². The minimum atomic E-state index is -0.0248. The van der Waals surface area contributed by atoms with Gasteiger partial charge in [0.05, 0.1) is 0 Å². The molecule has 0 aliphatic rings. The molecule has 0 saturated heterocycles. The highest BCUT2D eigenvalue weighted by molar-refractivity contribution is 5.93. The molecule has 2 heterocycles. The molecule has 2 aromatic heterocycles. The summed E-state index contributed by atoms with van der Waals surface area (Å²) in [7, 11) is 3.80. The minimum absolute atomic E-state index is 0.0248. The van der Waals surface area contributed by atoms with Crippen LogP contribution in [-0.4, -0.2) is 24.9 Å². The van der Waals surface area contributed by atoms with Crippen LogP contribution in [0.2, 0.25) is 0 Å². The van der Waals surface area contributed by atoms with Gasteiger partial charge < -0.3 is 10.6 Å². The van der Waals surface area contributed by atoms with E-state index in [-0.39, 0.29) is 11.8 Å². The Balaban J connectivity index is 1.49. The van der Waals surface area contributed by atoms with Gasteiger partial charge in [-0.15, -0.1) is 0 Å². The highest BCUT2D eigenvalue weighted by Gasteiger charge is 2.08. The molecule has 0 aromatic carbocycles. The number of carbonyl (C=O) groups excluding carboxylic acids is 2. The van der Waals surface area contributed by atoms with Crippen molar-refractivity contribution in [3.63, 3.8) is 0 Å². The highest BCUT2D eigenvalue weighted by Crippen LogP contribution is 2.03. The maximum absolute atomic E-state index is 12.0. The van der Waals surface area contributed by atoms with E-state index in [2.05, 4.69) is 10.6 Å². The third-order valence-electron chi connectivity index (χ3n) is 4.33. The fraction of sp³-hybridized carbons (Fsp3) is 0.429. The number of carbonyl (C=O) groups is 2. The second-order valence-electron chi connectivity index (χ2n) is 6.80. The Hall–Kier alpha value is -2.76. The summed E-state index contributed by atoms with van der Waals surface area (Å²) >= 11 is 0. The molecule has 0 unspecified atom stereocenters. The van der Waals surface area contributed by atoms with Crippen LogP contribution in [0.15, 0.2) is 49.1 Å². The topological polar surface area (TPSA) is 66.0 Å². The second kappa shape index (κ2) is 11.1. The molecule has 2 aromatic rings. The van der Waals surface area contributed by atoms with E-state index in [1.54, 1.807) is 0 Å². The molecule has 0 spiro atoms. The number of aryl methyl sites for hydroxylation is 2. The zero-order valence-electron chi connectivity index (χ0n) is 16.3. The molecule has 6 heteroatoms. The summed E-state index contributed by atoms with van der Waals surface area (Å²) < 4.78 is 3.73. The summed E-state index contributed by atoms with van der Waals surface area (Å²) in [6.45, 7) is 1.39. The molecule has 0 atom stereocenters. The number of hydrogen-bond acceptors (Lipinski definition) is 2. The van der Waals surface area contributed by atoms with Crippen LogP contribution in [0.3, 0.4) is 0 Å². The van der Waals surface area contributed by atoms with E-state index in [0.29, 0.717) is 24.2 Å². The summed E-state index contributed by atoms with van der Waals surface area (Å²) in [6.07, 6.45) is 12.6. The minimum Gasteiger partial charge on any atom is -0.352 e. The van der Waals surface area contributed by atoms with Crippen LogP contribution in [0.25, 0.3) is 0 Å². The van der Waals surface area contributed by atoms with Crippen molar-refractivity contribution in [1.29, 1.82) is 0 Å². The molecule has 27 heavy (non-hydrogen) atoms. The third kappa shape index (κ3) is 7.56. The van der Waals surface area contributed by atoms with E-state index in [9.17, 15) is 9.59 Å². The third-order valence-corrected chi connectivity index (χ3v) is 4.33. The van der Waals surface area contributed by atoms with E-state index in [1.807, 2.05) is 72.3 Å². The first-order valence-electron chi connectivity index (χ1n) is 9.53. The van der Waals surface area contributed by atoms with E-state index >= 15 is 0 Å². The van der Waals surface area contributed by atoms with Crippen molar-refractivity contribution < 1.29 is 18.7 Å². The molecule has 0 aliphatic carbocycles. The maximum atomic E-state index is 12.0. The van der Waals surface area contributed by atoms with E-state index in [4.69, 9.17) is 0 Å². The standard InChI is InChI=1S/C21H28N4O2/c1-24-14-8-10-18(16-24)20(26)22-12-6-4-3-5-7-13-23-21(27)19-11-9-15-25(2)17-19/h8-11,14-17H,3-7,12-13H2,1-2H3/p+2. The lowest BCUT2D eigenvalue weighted by Gasteiger charge is -2.06. The number of pyridine rings is 2. The fourth-order valence-electron chi connectivity index (χ4n) is 2.83. The van der Waals surface area contributed by atoms with Gasteiger partial charge in [-0.25, -0.2) is 9.13 Å². The van der Waals surface area contributed by atoms with Crippen LogP contribution in [0.5, 0.6) is 0 Å². The number of aromatic nitrogens is 2. The van der Waals surface area contributed by atoms with Crippen molar-refractivity contribution in [3.05, 3.63) is 60.2 Å². The van der Waals surface area contributed by atoms with Crippen LogP contribution in [0.4, 0.5) is 0 Å². The van der Waals surface area contributed by atoms with Gasteiger partial charge in [0.25, 0.3) is 11.8 Å². The summed E-state index contributed by atoms with van der Waals surface area (Å²) in [5.41, 5.74) is 1.37. The Labute approximate surface area is 161 Å². The van der Waals surface area contributed by atoms with Gasteiger partial charge in [0.15, 0.2) is 24.8 Å². The summed E-state index contributed by atoms with van der Waals surface area (Å²) in [5, 5.41) is 5.91. The van der Waals surface area contributed by atoms with E-state index in [1.165, 1.54) is 0 Å². The molecule has 0 fully saturated rings. The average molecular weight is 370 g/mol. The number of amides is 2. The van der Waals surface area contributed by atoms with Crippen LogP contribution < -0.4 is 19.8 Å². The molecular formula is C21H30N4O2+2. The maximum Gasteiger partial charge on any atom is 0.257 e. The molecule has 2 N–H and O–H groups in total. The smallest absolute Gasteiger partial charge is 0.257 e. The zero-order valence-corrected chi connectivity index (χ0v) is 16.3. The Morgan fingerprint density at radius 3 is 1.56 bits per heavy atom. The van der Waals surface area contributed by atoms with Crippen LogP contribution in [0.1, 0.15) is 52.8 Å². The summed E-state index contributed by atoms with van der Waals surface area (Å²) in [5.74, 6) is -0.0496. The molecule has 2 rings (SSSR count). The molecule has 0 radical (unpaired) electrons. The second-order valence-corrected chi connectivity index (χ2v) is 6.80. The Morgan fingerprint density at radius 2 is 1.15 bits per heavy atom. The van der Waals surface area contributed by atoms with Gasteiger partial charge in [-0.1, -0.05) is 19.3 Å². The van der Waals surface area contributed by atoms with Gasteiger partial charge in [0, 0.05) is 25.2 Å². The van der Waals surface area contributed by atoms with Gasteiger partial charge in [0.2, 0.25) is 0 Å². The molecule has 144 valence electrons. The highest BCUT2D eigenvalue weighted by atomic mass is 16.2. The fourth-order valence-corrected chi connectivity index (χ4v) is 2.83. The quantitative estimate of drug-likeness (QED) is 0.491.